The lowest BCUT2D eigenvalue weighted by molar-refractivity contribution is 0.313. The van der Waals surface area contributed by atoms with Gasteiger partial charge < -0.3 is 15.1 Å². The highest BCUT2D eigenvalue weighted by molar-refractivity contribution is 7.19. The highest BCUT2D eigenvalue weighted by atomic mass is 32.1. The maximum absolute atomic E-state index is 14.8. The summed E-state index contributed by atoms with van der Waals surface area (Å²) in [4.78, 5) is 19.7. The van der Waals surface area contributed by atoms with Crippen molar-refractivity contribution < 1.29 is 4.39 Å². The summed E-state index contributed by atoms with van der Waals surface area (Å²) in [7, 11) is 2.14. The van der Waals surface area contributed by atoms with Gasteiger partial charge in [0.25, 0.3) is 0 Å². The standard InChI is InChI=1S/C24H29FN6S/c1-30-13-15-31(16-14-30)24-29-21(18-9-5-6-10-19(18)25)22(32-24)20-11-12-26-23(28-20)27-17-7-3-2-4-8-17/h5-6,9-12,17H,2-4,7-8,13-16H2,1H3,(H,26,27,28). The van der Waals surface area contributed by atoms with E-state index in [0.717, 1.165) is 54.7 Å². The van der Waals surface area contributed by atoms with Crippen LogP contribution in [0.25, 0.3) is 21.8 Å². The number of likely N-dealkylation sites (N-methyl/N-ethyl adjacent to an activating group) is 1. The smallest absolute Gasteiger partial charge is 0.223 e. The number of aromatic nitrogens is 3. The van der Waals surface area contributed by atoms with Crippen molar-refractivity contribution in [3.8, 4) is 21.8 Å². The SMILES string of the molecule is CN1CCN(c2nc(-c3ccccc3F)c(-c3ccnc(NC4CCCCC4)n3)s2)CC1. The first kappa shape index (κ1) is 21.3. The second-order valence-corrected chi connectivity index (χ2v) is 9.67. The fraction of sp³-hybridized carbons (Fsp3) is 0.458. The van der Waals surface area contributed by atoms with E-state index in [-0.39, 0.29) is 5.82 Å². The molecule has 0 bridgehead atoms. The lowest BCUT2D eigenvalue weighted by Crippen LogP contribution is -2.44. The Hall–Kier alpha value is -2.58. The maximum atomic E-state index is 14.8. The van der Waals surface area contributed by atoms with Crippen LogP contribution in [0.4, 0.5) is 15.5 Å². The minimum atomic E-state index is -0.265. The van der Waals surface area contributed by atoms with Crippen LogP contribution in [0.1, 0.15) is 32.1 Å². The van der Waals surface area contributed by atoms with E-state index in [1.165, 1.54) is 25.3 Å². The molecule has 2 fully saturated rings. The molecule has 168 valence electrons. The zero-order valence-corrected chi connectivity index (χ0v) is 19.2. The summed E-state index contributed by atoms with van der Waals surface area (Å²) >= 11 is 1.59. The highest BCUT2D eigenvalue weighted by Gasteiger charge is 2.24. The van der Waals surface area contributed by atoms with Crippen molar-refractivity contribution in [3.63, 3.8) is 0 Å². The average Bonchev–Trinajstić information content (AvgIpc) is 3.26. The van der Waals surface area contributed by atoms with Gasteiger partial charge in [0.1, 0.15) is 5.82 Å². The summed E-state index contributed by atoms with van der Waals surface area (Å²) in [6, 6.07) is 9.18. The van der Waals surface area contributed by atoms with E-state index >= 15 is 0 Å². The molecule has 1 aromatic carbocycles. The van der Waals surface area contributed by atoms with Gasteiger partial charge in [0, 0.05) is 44.0 Å². The van der Waals surface area contributed by atoms with Gasteiger partial charge in [-0.3, -0.25) is 0 Å². The van der Waals surface area contributed by atoms with Crippen molar-refractivity contribution in [2.24, 2.45) is 0 Å². The van der Waals surface area contributed by atoms with Gasteiger partial charge in [-0.1, -0.05) is 42.7 Å². The lowest BCUT2D eigenvalue weighted by atomic mass is 9.96. The number of piperazine rings is 1. The fourth-order valence-electron chi connectivity index (χ4n) is 4.44. The molecule has 2 aliphatic rings. The van der Waals surface area contributed by atoms with E-state index in [0.29, 0.717) is 23.2 Å². The minimum absolute atomic E-state index is 0.265. The van der Waals surface area contributed by atoms with E-state index in [9.17, 15) is 4.39 Å². The van der Waals surface area contributed by atoms with E-state index in [4.69, 9.17) is 9.97 Å². The van der Waals surface area contributed by atoms with Gasteiger partial charge in [0.2, 0.25) is 5.95 Å². The third kappa shape index (κ3) is 4.61. The molecule has 1 aliphatic heterocycles. The zero-order chi connectivity index (χ0) is 21.9. The van der Waals surface area contributed by atoms with Gasteiger partial charge in [-0.05, 0) is 38.1 Å². The van der Waals surface area contributed by atoms with Crippen LogP contribution in [-0.2, 0) is 0 Å². The van der Waals surface area contributed by atoms with E-state index < -0.39 is 0 Å². The Balaban J connectivity index is 1.51. The lowest BCUT2D eigenvalue weighted by Gasteiger charge is -2.32. The van der Waals surface area contributed by atoms with Gasteiger partial charge in [0.15, 0.2) is 5.13 Å². The molecule has 6 nitrogen and oxygen atoms in total. The number of nitrogens with one attached hydrogen (secondary N) is 1. The molecule has 1 aliphatic carbocycles. The summed E-state index contributed by atoms with van der Waals surface area (Å²) in [6.07, 6.45) is 7.90. The number of hydrogen-bond acceptors (Lipinski definition) is 7. The molecule has 0 atom stereocenters. The molecular formula is C24H29FN6S. The van der Waals surface area contributed by atoms with Crippen LogP contribution in [0.2, 0.25) is 0 Å². The van der Waals surface area contributed by atoms with Crippen LogP contribution in [0.5, 0.6) is 0 Å². The summed E-state index contributed by atoms with van der Waals surface area (Å²) < 4.78 is 14.8. The number of hydrogen-bond donors (Lipinski definition) is 1. The number of benzene rings is 1. The van der Waals surface area contributed by atoms with E-state index in [1.807, 2.05) is 12.1 Å². The summed E-state index contributed by atoms with van der Waals surface area (Å²) in [5, 5.41) is 4.43. The molecule has 1 N–H and O–H groups in total. The summed E-state index contributed by atoms with van der Waals surface area (Å²) in [5.41, 5.74) is 1.96. The van der Waals surface area contributed by atoms with Crippen LogP contribution >= 0.6 is 11.3 Å². The zero-order valence-electron chi connectivity index (χ0n) is 18.4. The van der Waals surface area contributed by atoms with Crippen molar-refractivity contribution in [1.82, 2.24) is 19.9 Å². The molecule has 0 unspecified atom stereocenters. The number of anilines is 2. The van der Waals surface area contributed by atoms with Gasteiger partial charge in [-0.25, -0.2) is 19.3 Å². The molecule has 8 heteroatoms. The third-order valence-electron chi connectivity index (χ3n) is 6.35. The second-order valence-electron chi connectivity index (χ2n) is 8.69. The van der Waals surface area contributed by atoms with Crippen molar-refractivity contribution in [2.45, 2.75) is 38.1 Å². The Bertz CT molecular complexity index is 1060. The molecule has 1 saturated carbocycles. The molecule has 3 aromatic rings. The average molecular weight is 453 g/mol. The maximum Gasteiger partial charge on any atom is 0.223 e. The predicted octanol–water partition coefficient (Wildman–Crippen LogP) is 4.90. The third-order valence-corrected chi connectivity index (χ3v) is 7.48. The normalized spacial score (nSPS) is 18.1. The Morgan fingerprint density at radius 3 is 2.56 bits per heavy atom. The minimum Gasteiger partial charge on any atom is -0.351 e. The second kappa shape index (κ2) is 9.50. The first-order valence-electron chi connectivity index (χ1n) is 11.5. The monoisotopic (exact) mass is 452 g/mol. The van der Waals surface area contributed by atoms with Gasteiger partial charge in [-0.2, -0.15) is 0 Å². The number of thiazole rings is 1. The first-order valence-corrected chi connectivity index (χ1v) is 12.3. The largest absolute Gasteiger partial charge is 0.351 e. The highest BCUT2D eigenvalue weighted by Crippen LogP contribution is 2.40. The number of nitrogens with zero attached hydrogens (tertiary/aromatic N) is 5. The molecule has 32 heavy (non-hydrogen) atoms. The first-order chi connectivity index (χ1) is 15.7. The van der Waals surface area contributed by atoms with E-state index in [2.05, 4.69) is 27.1 Å². The van der Waals surface area contributed by atoms with Crippen LogP contribution in [0.15, 0.2) is 36.5 Å². The van der Waals surface area contributed by atoms with Crippen LogP contribution in [0, 0.1) is 5.82 Å². The summed E-state index contributed by atoms with van der Waals surface area (Å²) in [5.74, 6) is 0.377. The molecule has 0 radical (unpaired) electrons. The summed E-state index contributed by atoms with van der Waals surface area (Å²) in [6.45, 7) is 3.82. The van der Waals surface area contributed by atoms with Crippen LogP contribution < -0.4 is 10.2 Å². The molecule has 1 saturated heterocycles. The molecule has 0 amide bonds. The predicted molar refractivity (Wildman–Crippen MR) is 129 cm³/mol. The number of rotatable bonds is 5. The fourth-order valence-corrected chi connectivity index (χ4v) is 5.54. The van der Waals surface area contributed by atoms with Crippen LogP contribution in [-0.4, -0.2) is 59.1 Å². The molecule has 5 rings (SSSR count). The molecule has 3 heterocycles. The Kier molecular flexibility index (Phi) is 6.32. The van der Waals surface area contributed by atoms with Crippen molar-refractivity contribution in [3.05, 3.63) is 42.3 Å². The Morgan fingerprint density at radius 1 is 1.00 bits per heavy atom. The van der Waals surface area contributed by atoms with Crippen LogP contribution in [0.3, 0.4) is 0 Å². The Labute approximate surface area is 192 Å². The molecular weight excluding hydrogens is 423 g/mol. The van der Waals surface area contributed by atoms with Crippen molar-refractivity contribution in [2.75, 3.05) is 43.4 Å². The van der Waals surface area contributed by atoms with Gasteiger partial charge in [-0.15, -0.1) is 0 Å². The van der Waals surface area contributed by atoms with Gasteiger partial charge in [0.05, 0.1) is 16.3 Å². The van der Waals surface area contributed by atoms with Crippen molar-refractivity contribution >= 4 is 22.4 Å². The van der Waals surface area contributed by atoms with Crippen molar-refractivity contribution in [1.29, 1.82) is 0 Å². The quantitative estimate of drug-likeness (QED) is 0.594. The van der Waals surface area contributed by atoms with Gasteiger partial charge >= 0.3 is 0 Å². The topological polar surface area (TPSA) is 57.2 Å². The number of halogens is 1. The Morgan fingerprint density at radius 2 is 1.78 bits per heavy atom. The molecule has 2 aromatic heterocycles. The molecule has 0 spiro atoms. The van der Waals surface area contributed by atoms with E-state index in [1.54, 1.807) is 29.7 Å².